The van der Waals surface area contributed by atoms with Crippen molar-refractivity contribution < 1.29 is 19.1 Å². The molecule has 0 saturated carbocycles. The van der Waals surface area contributed by atoms with Gasteiger partial charge in [-0.2, -0.15) is 0 Å². The first kappa shape index (κ1) is 23.5. The summed E-state index contributed by atoms with van der Waals surface area (Å²) in [6.45, 7) is 5.14. The fraction of sp³-hybridized carbons (Fsp3) is 0.250. The first-order chi connectivity index (χ1) is 15.3. The molecule has 3 aromatic rings. The summed E-state index contributed by atoms with van der Waals surface area (Å²) in [7, 11) is 0. The van der Waals surface area contributed by atoms with Crippen molar-refractivity contribution in [1.82, 2.24) is 15.0 Å². The maximum atomic E-state index is 13.1. The Morgan fingerprint density at radius 3 is 1.91 bits per heavy atom. The van der Waals surface area contributed by atoms with Gasteiger partial charge in [-0.1, -0.05) is 0 Å². The van der Waals surface area contributed by atoms with Gasteiger partial charge in [-0.25, -0.2) is 0 Å². The number of rotatable bonds is 8. The van der Waals surface area contributed by atoms with Crippen LogP contribution in [0.4, 0.5) is 0 Å². The van der Waals surface area contributed by atoms with Gasteiger partial charge in [-0.15, -0.1) is 0 Å². The third-order valence-corrected chi connectivity index (χ3v) is 5.30. The topological polar surface area (TPSA) is 99.1 Å². The predicted octanol–water partition coefficient (Wildman–Crippen LogP) is 3.52. The molecule has 0 saturated heterocycles. The van der Waals surface area contributed by atoms with E-state index in [1.165, 1.54) is 18.6 Å². The van der Waals surface area contributed by atoms with E-state index in [9.17, 15) is 14.4 Å². The van der Waals surface area contributed by atoms with E-state index in [2.05, 4.69) is 15.0 Å². The van der Waals surface area contributed by atoms with Crippen molar-refractivity contribution in [2.24, 2.45) is 0 Å². The SMILES string of the molecule is C[CH]([Ge])OC(=O)c1c(C(C)C(=O)c2cccnc2)ccnc1C(C)C(=O)c1cccnc1. The van der Waals surface area contributed by atoms with E-state index in [0.717, 1.165) is 0 Å². The number of ether oxygens (including phenoxy) is 1. The van der Waals surface area contributed by atoms with Crippen molar-refractivity contribution in [1.29, 1.82) is 0 Å². The molecule has 0 amide bonds. The number of carbonyl (C=O) groups is 3. The van der Waals surface area contributed by atoms with Gasteiger partial charge in [0.05, 0.1) is 0 Å². The average molecular weight is 489 g/mol. The normalized spacial score (nSPS) is 13.6. The monoisotopic (exact) mass is 490 g/mol. The number of esters is 1. The number of nitrogens with zero attached hydrogens (tertiary/aromatic N) is 3. The van der Waals surface area contributed by atoms with Crippen LogP contribution in [0.1, 0.15) is 74.9 Å². The Bertz CT molecular complexity index is 1040. The van der Waals surface area contributed by atoms with Crippen molar-refractivity contribution in [3.8, 4) is 0 Å². The molecule has 0 aliphatic heterocycles. The number of hydrogen-bond donors (Lipinski definition) is 0. The van der Waals surface area contributed by atoms with Gasteiger partial charge < -0.3 is 0 Å². The van der Waals surface area contributed by atoms with Crippen molar-refractivity contribution in [2.75, 3.05) is 0 Å². The molecule has 0 aliphatic rings. The van der Waals surface area contributed by atoms with Crippen LogP contribution in [0.15, 0.2) is 61.3 Å². The van der Waals surface area contributed by atoms with Gasteiger partial charge in [0.15, 0.2) is 0 Å². The van der Waals surface area contributed by atoms with Gasteiger partial charge in [0.1, 0.15) is 0 Å². The van der Waals surface area contributed by atoms with Crippen molar-refractivity contribution in [3.63, 3.8) is 0 Å². The van der Waals surface area contributed by atoms with Crippen LogP contribution < -0.4 is 0 Å². The number of ketones is 2. The van der Waals surface area contributed by atoms with Crippen LogP contribution >= 0.6 is 0 Å². The van der Waals surface area contributed by atoms with Crippen LogP contribution in [-0.2, 0) is 4.74 Å². The predicted molar refractivity (Wildman–Crippen MR) is 119 cm³/mol. The quantitative estimate of drug-likeness (QED) is 0.271. The molecule has 0 fully saturated rings. The molecule has 8 heteroatoms. The molecule has 161 valence electrons. The molecule has 0 N–H and O–H groups in total. The van der Waals surface area contributed by atoms with Gasteiger partial charge in [0, 0.05) is 0 Å². The number of carbonyl (C=O) groups excluding carboxylic acids is 3. The van der Waals surface area contributed by atoms with Crippen LogP contribution in [0, 0.1) is 0 Å². The summed E-state index contributed by atoms with van der Waals surface area (Å²) in [5.41, 5.74) is 1.72. The molecule has 7 nitrogen and oxygen atoms in total. The molecule has 0 spiro atoms. The van der Waals surface area contributed by atoms with E-state index in [4.69, 9.17) is 4.74 Å². The third-order valence-electron chi connectivity index (χ3n) is 5.06. The zero-order chi connectivity index (χ0) is 23.3. The Morgan fingerprint density at radius 2 is 1.41 bits per heavy atom. The van der Waals surface area contributed by atoms with Gasteiger partial charge in [0.2, 0.25) is 0 Å². The maximum absolute atomic E-state index is 13.1. The Balaban J connectivity index is 2.09. The van der Waals surface area contributed by atoms with E-state index in [0.29, 0.717) is 16.7 Å². The number of pyridine rings is 3. The molecule has 0 aromatic carbocycles. The second-order valence-electron chi connectivity index (χ2n) is 7.36. The zero-order valence-corrected chi connectivity index (χ0v) is 20.1. The van der Waals surface area contributed by atoms with Crippen LogP contribution in [0.25, 0.3) is 0 Å². The molecule has 3 atom stereocenters. The molecule has 3 unspecified atom stereocenters. The summed E-state index contributed by atoms with van der Waals surface area (Å²) >= 11 is 1.74. The van der Waals surface area contributed by atoms with Crippen molar-refractivity contribution in [3.05, 3.63) is 89.3 Å². The molecule has 3 radical (unpaired) electrons. The van der Waals surface area contributed by atoms with E-state index >= 15 is 0 Å². The second-order valence-corrected chi connectivity index (χ2v) is 9.07. The van der Waals surface area contributed by atoms with Crippen molar-refractivity contribution >= 4 is 34.0 Å². The first-order valence-electron chi connectivity index (χ1n) is 10.1. The number of hydrogen-bond acceptors (Lipinski definition) is 7. The van der Waals surface area contributed by atoms with Gasteiger partial charge in [0.25, 0.3) is 0 Å². The van der Waals surface area contributed by atoms with E-state index in [1.54, 1.807) is 80.0 Å². The molecular formula is C24H22GeN3O4. The minimum absolute atomic E-state index is 0.149. The molecule has 3 rings (SSSR count). The van der Waals surface area contributed by atoms with Gasteiger partial charge >= 0.3 is 195 Å². The third kappa shape index (κ3) is 5.16. The zero-order valence-electron chi connectivity index (χ0n) is 18.0. The van der Waals surface area contributed by atoms with E-state index in [-0.39, 0.29) is 27.8 Å². The van der Waals surface area contributed by atoms with Gasteiger partial charge in [-0.3, -0.25) is 0 Å². The van der Waals surface area contributed by atoms with E-state index < -0.39 is 17.8 Å². The molecule has 3 heterocycles. The van der Waals surface area contributed by atoms with E-state index in [1.807, 2.05) is 0 Å². The molecule has 32 heavy (non-hydrogen) atoms. The first-order valence-corrected chi connectivity index (χ1v) is 11.3. The second kappa shape index (κ2) is 10.4. The van der Waals surface area contributed by atoms with Crippen LogP contribution in [-0.4, -0.2) is 53.9 Å². The van der Waals surface area contributed by atoms with Crippen LogP contribution in [0.3, 0.4) is 0 Å². The average Bonchev–Trinajstić information content (AvgIpc) is 2.82. The molecule has 3 aromatic heterocycles. The summed E-state index contributed by atoms with van der Waals surface area (Å²) in [6.07, 6.45) is 7.64. The Morgan fingerprint density at radius 1 is 0.844 bits per heavy atom. The number of Topliss-reactive ketones (excluding diaryl/α,β-unsaturated/α-hetero) is 2. The number of aromatic nitrogens is 3. The van der Waals surface area contributed by atoms with Gasteiger partial charge in [-0.05, 0) is 0 Å². The summed E-state index contributed by atoms with van der Waals surface area (Å²) in [6, 6.07) is 8.32. The summed E-state index contributed by atoms with van der Waals surface area (Å²) in [4.78, 5) is 51.3. The van der Waals surface area contributed by atoms with Crippen LogP contribution in [0.5, 0.6) is 0 Å². The Kier molecular flexibility index (Phi) is 7.63. The molecule has 0 aliphatic carbocycles. The summed E-state index contributed by atoms with van der Waals surface area (Å²) < 4.78 is 5.46. The summed E-state index contributed by atoms with van der Waals surface area (Å²) in [5.74, 6) is -2.45. The minimum atomic E-state index is -0.741. The Hall–Kier alpha value is -3.20. The fourth-order valence-electron chi connectivity index (χ4n) is 3.41. The van der Waals surface area contributed by atoms with Crippen molar-refractivity contribution in [2.45, 2.75) is 37.5 Å². The molecule has 0 bridgehead atoms. The standard InChI is InChI=1S/C24H22GeN3O4/c1-14(22(29)17-6-4-9-26-12-17)19-8-11-28-21(20(19)24(31)32-16(3)25)15(2)23(30)18-7-5-10-27-13-18/h4-16H,1-3H3. The summed E-state index contributed by atoms with van der Waals surface area (Å²) in [5, 5.41) is 0. The van der Waals surface area contributed by atoms with Crippen LogP contribution in [0.2, 0.25) is 0 Å². The fourth-order valence-corrected chi connectivity index (χ4v) is 3.63. The molecular weight excluding hydrogens is 467 g/mol. The Labute approximate surface area is 194 Å².